The number of sulfone groups is 1. The molecule has 2 rings (SSSR count). The quantitative estimate of drug-likeness (QED) is 0.915. The maximum Gasteiger partial charge on any atom is 0.179 e. The van der Waals surface area contributed by atoms with Crippen molar-refractivity contribution in [1.29, 1.82) is 0 Å². The molecule has 0 saturated heterocycles. The second kappa shape index (κ2) is 5.13. The van der Waals surface area contributed by atoms with Gasteiger partial charge in [-0.05, 0) is 43.0 Å². The van der Waals surface area contributed by atoms with Gasteiger partial charge >= 0.3 is 0 Å². The third kappa shape index (κ3) is 2.62. The zero-order chi connectivity index (χ0) is 14.2. The normalized spacial score (nSPS) is 26.8. The first-order valence-electron chi connectivity index (χ1n) is 6.43. The molecule has 0 aliphatic heterocycles. The van der Waals surface area contributed by atoms with E-state index >= 15 is 0 Å². The molecule has 0 radical (unpaired) electrons. The molecule has 1 aliphatic carbocycles. The average molecular weight is 283 g/mol. The summed E-state index contributed by atoms with van der Waals surface area (Å²) in [6.45, 7) is 2.21. The standard InChI is InChI=1S/C14H21NO3S/c1-9-11(8-12(9)15-2)10-5-6-14(19(4,16)17)13(7-10)18-3/h5-7,9,11-12,15H,8H2,1-4H3. The number of ether oxygens (including phenoxy) is 1. The van der Waals surface area contributed by atoms with Crippen LogP contribution in [0.4, 0.5) is 0 Å². The predicted molar refractivity (Wildman–Crippen MR) is 75.5 cm³/mol. The van der Waals surface area contributed by atoms with E-state index in [1.807, 2.05) is 19.2 Å². The Morgan fingerprint density at radius 1 is 1.37 bits per heavy atom. The van der Waals surface area contributed by atoms with Gasteiger partial charge in [0.05, 0.1) is 7.11 Å². The van der Waals surface area contributed by atoms with E-state index in [1.165, 1.54) is 13.4 Å². The van der Waals surface area contributed by atoms with Crippen LogP contribution in [0.3, 0.4) is 0 Å². The molecule has 106 valence electrons. The van der Waals surface area contributed by atoms with Crippen LogP contribution in [0.2, 0.25) is 0 Å². The molecule has 1 aliphatic rings. The number of hydrogen-bond acceptors (Lipinski definition) is 4. The van der Waals surface area contributed by atoms with Gasteiger partial charge in [-0.2, -0.15) is 0 Å². The summed E-state index contributed by atoms with van der Waals surface area (Å²) in [5.41, 5.74) is 1.16. The van der Waals surface area contributed by atoms with Gasteiger partial charge in [0.15, 0.2) is 9.84 Å². The Balaban J connectivity index is 2.31. The highest BCUT2D eigenvalue weighted by molar-refractivity contribution is 7.90. The van der Waals surface area contributed by atoms with E-state index in [0.29, 0.717) is 23.6 Å². The Morgan fingerprint density at radius 3 is 2.53 bits per heavy atom. The zero-order valence-electron chi connectivity index (χ0n) is 11.8. The van der Waals surface area contributed by atoms with E-state index in [9.17, 15) is 8.42 Å². The van der Waals surface area contributed by atoms with Gasteiger partial charge in [-0.3, -0.25) is 0 Å². The van der Waals surface area contributed by atoms with Gasteiger partial charge in [-0.1, -0.05) is 13.0 Å². The van der Waals surface area contributed by atoms with E-state index in [4.69, 9.17) is 4.74 Å². The van der Waals surface area contributed by atoms with Crippen molar-refractivity contribution in [2.45, 2.75) is 30.2 Å². The van der Waals surface area contributed by atoms with E-state index < -0.39 is 9.84 Å². The smallest absolute Gasteiger partial charge is 0.179 e. The lowest BCUT2D eigenvalue weighted by Crippen LogP contribution is -2.46. The largest absolute Gasteiger partial charge is 0.495 e. The Morgan fingerprint density at radius 2 is 2.05 bits per heavy atom. The van der Waals surface area contributed by atoms with Crippen LogP contribution in [0, 0.1) is 5.92 Å². The minimum absolute atomic E-state index is 0.260. The van der Waals surface area contributed by atoms with Crippen LogP contribution in [-0.2, 0) is 9.84 Å². The van der Waals surface area contributed by atoms with Gasteiger partial charge in [-0.25, -0.2) is 8.42 Å². The fraction of sp³-hybridized carbons (Fsp3) is 0.571. The molecular formula is C14H21NO3S. The number of hydrogen-bond donors (Lipinski definition) is 1. The monoisotopic (exact) mass is 283 g/mol. The molecule has 3 atom stereocenters. The Kier molecular flexibility index (Phi) is 3.87. The molecule has 0 amide bonds. The molecule has 0 heterocycles. The van der Waals surface area contributed by atoms with Crippen molar-refractivity contribution in [2.24, 2.45) is 5.92 Å². The van der Waals surface area contributed by atoms with Crippen LogP contribution in [-0.4, -0.2) is 34.9 Å². The van der Waals surface area contributed by atoms with Gasteiger partial charge in [0.1, 0.15) is 10.6 Å². The molecule has 1 aromatic carbocycles. The van der Waals surface area contributed by atoms with Gasteiger partial charge < -0.3 is 10.1 Å². The molecule has 1 aromatic rings. The minimum Gasteiger partial charge on any atom is -0.495 e. The molecule has 1 saturated carbocycles. The number of rotatable bonds is 4. The maximum atomic E-state index is 11.6. The number of methoxy groups -OCH3 is 1. The van der Waals surface area contributed by atoms with Gasteiger partial charge in [-0.15, -0.1) is 0 Å². The van der Waals surface area contributed by atoms with E-state index in [0.717, 1.165) is 12.0 Å². The Bertz CT molecular complexity index is 568. The van der Waals surface area contributed by atoms with Crippen LogP contribution in [0.25, 0.3) is 0 Å². The van der Waals surface area contributed by atoms with Crippen LogP contribution < -0.4 is 10.1 Å². The zero-order valence-corrected chi connectivity index (χ0v) is 12.6. The molecule has 0 bridgehead atoms. The predicted octanol–water partition coefficient (Wildman–Crippen LogP) is 1.81. The fourth-order valence-electron chi connectivity index (χ4n) is 2.83. The number of nitrogens with one attached hydrogen (secondary N) is 1. The van der Waals surface area contributed by atoms with Crippen molar-refractivity contribution >= 4 is 9.84 Å². The van der Waals surface area contributed by atoms with Crippen molar-refractivity contribution in [3.63, 3.8) is 0 Å². The average Bonchev–Trinajstić information content (AvgIpc) is 2.36. The summed E-state index contributed by atoms with van der Waals surface area (Å²) < 4.78 is 28.5. The third-order valence-corrected chi connectivity index (χ3v) is 5.30. The number of benzene rings is 1. The first kappa shape index (κ1) is 14.3. The van der Waals surface area contributed by atoms with E-state index in [-0.39, 0.29) is 4.90 Å². The molecule has 1 fully saturated rings. The Labute approximate surface area is 115 Å². The van der Waals surface area contributed by atoms with Gasteiger partial charge in [0.25, 0.3) is 0 Å². The molecule has 0 spiro atoms. The molecular weight excluding hydrogens is 262 g/mol. The summed E-state index contributed by atoms with van der Waals surface area (Å²) >= 11 is 0. The highest BCUT2D eigenvalue weighted by Crippen LogP contribution is 2.43. The van der Waals surface area contributed by atoms with Crippen LogP contribution in [0.1, 0.15) is 24.8 Å². The van der Waals surface area contributed by atoms with Crippen molar-refractivity contribution in [1.82, 2.24) is 5.32 Å². The highest BCUT2D eigenvalue weighted by Gasteiger charge is 2.37. The molecule has 19 heavy (non-hydrogen) atoms. The lowest BCUT2D eigenvalue weighted by molar-refractivity contribution is 0.194. The second-order valence-corrected chi connectivity index (χ2v) is 7.26. The first-order chi connectivity index (χ1) is 8.88. The van der Waals surface area contributed by atoms with E-state index in [2.05, 4.69) is 12.2 Å². The van der Waals surface area contributed by atoms with Crippen molar-refractivity contribution in [2.75, 3.05) is 20.4 Å². The first-order valence-corrected chi connectivity index (χ1v) is 8.33. The molecule has 4 nitrogen and oxygen atoms in total. The second-order valence-electron chi connectivity index (χ2n) is 5.28. The summed E-state index contributed by atoms with van der Waals surface area (Å²) in [5.74, 6) is 1.47. The summed E-state index contributed by atoms with van der Waals surface area (Å²) in [6.07, 6.45) is 2.28. The third-order valence-electron chi connectivity index (χ3n) is 4.16. The van der Waals surface area contributed by atoms with Crippen molar-refractivity contribution in [3.05, 3.63) is 23.8 Å². The van der Waals surface area contributed by atoms with Crippen LogP contribution >= 0.6 is 0 Å². The van der Waals surface area contributed by atoms with Crippen molar-refractivity contribution < 1.29 is 13.2 Å². The lowest BCUT2D eigenvalue weighted by atomic mass is 9.67. The summed E-state index contributed by atoms with van der Waals surface area (Å²) in [4.78, 5) is 0.260. The summed E-state index contributed by atoms with van der Waals surface area (Å²) in [6, 6.07) is 5.98. The molecule has 0 aromatic heterocycles. The molecule has 5 heteroatoms. The van der Waals surface area contributed by atoms with Crippen molar-refractivity contribution in [3.8, 4) is 5.75 Å². The summed E-state index contributed by atoms with van der Waals surface area (Å²) in [5, 5.41) is 3.29. The minimum atomic E-state index is -3.24. The van der Waals surface area contributed by atoms with E-state index in [1.54, 1.807) is 6.07 Å². The summed E-state index contributed by atoms with van der Waals surface area (Å²) in [7, 11) is 0.242. The molecule has 1 N–H and O–H groups in total. The molecule has 3 unspecified atom stereocenters. The van der Waals surface area contributed by atoms with Crippen LogP contribution in [0.15, 0.2) is 23.1 Å². The lowest BCUT2D eigenvalue weighted by Gasteiger charge is -2.43. The fourth-order valence-corrected chi connectivity index (χ4v) is 3.65. The van der Waals surface area contributed by atoms with Gasteiger partial charge in [0, 0.05) is 12.3 Å². The Hall–Kier alpha value is -1.07. The highest BCUT2D eigenvalue weighted by atomic mass is 32.2. The maximum absolute atomic E-state index is 11.6. The van der Waals surface area contributed by atoms with Gasteiger partial charge in [0.2, 0.25) is 0 Å². The topological polar surface area (TPSA) is 55.4 Å². The van der Waals surface area contributed by atoms with Crippen LogP contribution in [0.5, 0.6) is 5.75 Å². The SMILES string of the molecule is CNC1CC(c2ccc(S(C)(=O)=O)c(OC)c2)C1C.